The fourth-order valence-corrected chi connectivity index (χ4v) is 3.14. The second kappa shape index (κ2) is 5.29. The third-order valence-electron chi connectivity index (χ3n) is 3.46. The van der Waals surface area contributed by atoms with E-state index < -0.39 is 0 Å². The van der Waals surface area contributed by atoms with Crippen LogP contribution in [0.3, 0.4) is 0 Å². The van der Waals surface area contributed by atoms with Gasteiger partial charge in [-0.3, -0.25) is 10.1 Å². The number of rotatable bonds is 5. The number of hydrogen-bond donors (Lipinski definition) is 1. The lowest BCUT2D eigenvalue weighted by Crippen LogP contribution is -2.21. The van der Waals surface area contributed by atoms with Gasteiger partial charge in [0.15, 0.2) is 0 Å². The third kappa shape index (κ3) is 2.44. The number of nitro groups is 1. The first-order valence-corrected chi connectivity index (χ1v) is 7.40. The molecule has 0 aromatic carbocycles. The van der Waals surface area contributed by atoms with Gasteiger partial charge in [-0.05, 0) is 18.9 Å². The Balaban J connectivity index is 1.64. The summed E-state index contributed by atoms with van der Waals surface area (Å²) in [6.07, 6.45) is 2.12. The molecule has 0 amide bonds. The molecule has 1 N–H and O–H groups in total. The van der Waals surface area contributed by atoms with E-state index in [2.05, 4.69) is 20.1 Å². The molecular weight excluding hydrogens is 278 g/mol. The molecule has 3 rings (SSSR count). The summed E-state index contributed by atoms with van der Waals surface area (Å²) in [6.45, 7) is 3.61. The van der Waals surface area contributed by atoms with E-state index in [1.807, 2.05) is 12.3 Å². The average Bonchev–Trinajstić information content (AvgIpc) is 3.11. The summed E-state index contributed by atoms with van der Waals surface area (Å²) in [5.41, 5.74) is 0.926. The van der Waals surface area contributed by atoms with Crippen LogP contribution in [0, 0.1) is 10.1 Å². The Morgan fingerprint density at radius 2 is 2.45 bits per heavy atom. The van der Waals surface area contributed by atoms with Crippen molar-refractivity contribution in [2.75, 3.05) is 0 Å². The molecule has 1 aliphatic heterocycles. The van der Waals surface area contributed by atoms with Crippen molar-refractivity contribution in [3.8, 4) is 0 Å². The van der Waals surface area contributed by atoms with E-state index in [0.717, 1.165) is 47.9 Å². The average molecular weight is 293 g/mol. The molecule has 7 nitrogen and oxygen atoms in total. The van der Waals surface area contributed by atoms with E-state index in [0.29, 0.717) is 6.54 Å². The molecule has 0 fully saturated rings. The van der Waals surface area contributed by atoms with Gasteiger partial charge in [0.1, 0.15) is 11.6 Å². The number of nitrogens with one attached hydrogen (secondary N) is 1. The van der Waals surface area contributed by atoms with Gasteiger partial charge >= 0.3 is 5.00 Å². The van der Waals surface area contributed by atoms with Crippen LogP contribution in [0.2, 0.25) is 0 Å². The first-order valence-electron chi connectivity index (χ1n) is 6.52. The Labute approximate surface area is 119 Å². The molecule has 0 aliphatic carbocycles. The van der Waals surface area contributed by atoms with Gasteiger partial charge in [-0.1, -0.05) is 11.3 Å². The maximum absolute atomic E-state index is 10.6. The smallest absolute Gasteiger partial charge is 0.314 e. The van der Waals surface area contributed by atoms with Crippen molar-refractivity contribution in [1.29, 1.82) is 0 Å². The predicted molar refractivity (Wildman–Crippen MR) is 74.6 cm³/mol. The maximum atomic E-state index is 10.6. The summed E-state index contributed by atoms with van der Waals surface area (Å²) in [7, 11) is 0. The summed E-state index contributed by atoms with van der Waals surface area (Å²) < 4.78 is 2.16. The molecule has 1 unspecified atom stereocenters. The Morgan fingerprint density at radius 3 is 3.20 bits per heavy atom. The molecule has 8 heteroatoms. The molecular formula is C12H15N5O2S. The molecule has 0 saturated heterocycles. The minimum Gasteiger partial charge on any atom is -0.314 e. The van der Waals surface area contributed by atoms with Gasteiger partial charge in [0.25, 0.3) is 0 Å². The third-order valence-corrected chi connectivity index (χ3v) is 4.39. The standard InChI is InChI=1S/C12H15N5O2S/c1-8(12-15-14-10-3-2-4-16(10)12)13-6-9-5-11(17(18)19)20-7-9/h5,7-8,13H,2-4,6H2,1H3. The second-order valence-electron chi connectivity index (χ2n) is 4.88. The second-order valence-corrected chi connectivity index (χ2v) is 5.77. The van der Waals surface area contributed by atoms with Crippen LogP contribution in [0.1, 0.15) is 36.6 Å². The highest BCUT2D eigenvalue weighted by atomic mass is 32.1. The van der Waals surface area contributed by atoms with Gasteiger partial charge in [-0.25, -0.2) is 0 Å². The molecule has 3 heterocycles. The summed E-state index contributed by atoms with van der Waals surface area (Å²) in [4.78, 5) is 10.3. The molecule has 106 valence electrons. The van der Waals surface area contributed by atoms with Gasteiger partial charge in [0, 0.05) is 31.0 Å². The minimum atomic E-state index is -0.358. The lowest BCUT2D eigenvalue weighted by atomic mass is 10.2. The molecule has 2 aromatic heterocycles. The van der Waals surface area contributed by atoms with Crippen LogP contribution in [0.4, 0.5) is 5.00 Å². The first-order chi connectivity index (χ1) is 9.65. The Bertz CT molecular complexity index is 636. The maximum Gasteiger partial charge on any atom is 0.324 e. The summed E-state index contributed by atoms with van der Waals surface area (Å²) in [5, 5.41) is 24.4. The Hall–Kier alpha value is -1.80. The zero-order valence-electron chi connectivity index (χ0n) is 11.1. The Morgan fingerprint density at radius 1 is 1.60 bits per heavy atom. The highest BCUT2D eigenvalue weighted by Crippen LogP contribution is 2.23. The molecule has 1 atom stereocenters. The lowest BCUT2D eigenvalue weighted by molar-refractivity contribution is -0.380. The zero-order chi connectivity index (χ0) is 14.1. The summed E-state index contributed by atoms with van der Waals surface area (Å²) >= 11 is 1.15. The van der Waals surface area contributed by atoms with E-state index in [1.54, 1.807) is 6.07 Å². The van der Waals surface area contributed by atoms with Crippen molar-refractivity contribution in [2.24, 2.45) is 0 Å². The molecule has 0 bridgehead atoms. The Kier molecular flexibility index (Phi) is 3.49. The van der Waals surface area contributed by atoms with Crippen LogP contribution in [-0.4, -0.2) is 19.7 Å². The summed E-state index contributed by atoms with van der Waals surface area (Å²) in [5.74, 6) is 2.00. The lowest BCUT2D eigenvalue weighted by Gasteiger charge is -2.13. The fraction of sp³-hybridized carbons (Fsp3) is 0.500. The van der Waals surface area contributed by atoms with E-state index in [4.69, 9.17) is 0 Å². The number of nitrogens with zero attached hydrogens (tertiary/aromatic N) is 4. The monoisotopic (exact) mass is 293 g/mol. The van der Waals surface area contributed by atoms with Crippen molar-refractivity contribution in [3.05, 3.63) is 38.8 Å². The number of hydrogen-bond acceptors (Lipinski definition) is 6. The van der Waals surface area contributed by atoms with Crippen LogP contribution in [0.5, 0.6) is 0 Å². The van der Waals surface area contributed by atoms with Crippen LogP contribution < -0.4 is 5.32 Å². The van der Waals surface area contributed by atoms with Gasteiger partial charge < -0.3 is 9.88 Å². The fourth-order valence-electron chi connectivity index (χ4n) is 2.41. The van der Waals surface area contributed by atoms with Crippen LogP contribution in [0.25, 0.3) is 0 Å². The normalized spacial score (nSPS) is 15.2. The van der Waals surface area contributed by atoms with E-state index in [1.165, 1.54) is 0 Å². The molecule has 0 saturated carbocycles. The number of aryl methyl sites for hydroxylation is 1. The van der Waals surface area contributed by atoms with Crippen molar-refractivity contribution in [3.63, 3.8) is 0 Å². The SMILES string of the molecule is CC(NCc1csc([N+](=O)[O-])c1)c1nnc2n1CCC2. The van der Waals surface area contributed by atoms with Crippen LogP contribution >= 0.6 is 11.3 Å². The van der Waals surface area contributed by atoms with Crippen molar-refractivity contribution >= 4 is 16.3 Å². The zero-order valence-corrected chi connectivity index (χ0v) is 11.9. The highest BCUT2D eigenvalue weighted by molar-refractivity contribution is 7.13. The highest BCUT2D eigenvalue weighted by Gasteiger charge is 2.21. The molecule has 1 aliphatic rings. The van der Waals surface area contributed by atoms with Crippen LogP contribution in [0.15, 0.2) is 11.4 Å². The first kappa shape index (κ1) is 13.2. The van der Waals surface area contributed by atoms with Gasteiger partial charge in [0.05, 0.1) is 11.0 Å². The quantitative estimate of drug-likeness (QED) is 0.673. The molecule has 0 spiro atoms. The van der Waals surface area contributed by atoms with Crippen molar-refractivity contribution < 1.29 is 4.92 Å². The van der Waals surface area contributed by atoms with E-state index in [-0.39, 0.29) is 16.0 Å². The van der Waals surface area contributed by atoms with Gasteiger partial charge in [0.2, 0.25) is 0 Å². The number of thiophene rings is 1. The predicted octanol–water partition coefficient (Wildman–Crippen LogP) is 2.04. The number of fused-ring (bicyclic) bond motifs is 1. The minimum absolute atomic E-state index is 0.0771. The van der Waals surface area contributed by atoms with Gasteiger partial charge in [-0.15, -0.1) is 10.2 Å². The van der Waals surface area contributed by atoms with Crippen molar-refractivity contribution in [2.45, 2.75) is 38.9 Å². The number of aromatic nitrogens is 3. The molecule has 20 heavy (non-hydrogen) atoms. The topological polar surface area (TPSA) is 85.9 Å². The summed E-state index contributed by atoms with van der Waals surface area (Å²) in [6, 6.07) is 1.69. The molecule has 2 aromatic rings. The largest absolute Gasteiger partial charge is 0.324 e. The van der Waals surface area contributed by atoms with Crippen molar-refractivity contribution in [1.82, 2.24) is 20.1 Å². The van der Waals surface area contributed by atoms with E-state index >= 15 is 0 Å². The molecule has 0 radical (unpaired) electrons. The van der Waals surface area contributed by atoms with Gasteiger partial charge in [-0.2, -0.15) is 0 Å². The van der Waals surface area contributed by atoms with Crippen LogP contribution in [-0.2, 0) is 19.5 Å². The van der Waals surface area contributed by atoms with E-state index in [9.17, 15) is 10.1 Å².